The van der Waals surface area contributed by atoms with Crippen LogP contribution in [-0.4, -0.2) is 33.0 Å². The van der Waals surface area contributed by atoms with E-state index in [4.69, 9.17) is 0 Å². The van der Waals surface area contributed by atoms with E-state index in [0.29, 0.717) is 18.4 Å². The number of aromatic amines is 1. The van der Waals surface area contributed by atoms with E-state index in [2.05, 4.69) is 4.98 Å². The van der Waals surface area contributed by atoms with Crippen LogP contribution >= 0.6 is 0 Å². The average molecular weight is 254 g/mol. The molecular weight excluding hydrogens is 236 g/mol. The van der Waals surface area contributed by atoms with Crippen LogP contribution in [0.5, 0.6) is 0 Å². The first kappa shape index (κ1) is 13.0. The van der Waals surface area contributed by atoms with Gasteiger partial charge in [0.05, 0.1) is 0 Å². The molecule has 1 heterocycles. The number of aryl methyl sites for hydroxylation is 1. The van der Waals surface area contributed by atoms with Gasteiger partial charge in [-0.1, -0.05) is 0 Å². The van der Waals surface area contributed by atoms with E-state index in [1.165, 1.54) is 4.57 Å². The molecule has 1 aromatic heterocycles. The number of nitrogens with zero attached hydrogens (tertiary/aromatic N) is 1. The number of aliphatic hydroxyl groups is 2. The number of aromatic nitrogens is 2. The maximum atomic E-state index is 11.8. The van der Waals surface area contributed by atoms with Crippen LogP contribution < -0.4 is 11.2 Å². The molecule has 0 aliphatic heterocycles. The Morgan fingerprint density at radius 2 is 1.83 bits per heavy atom. The highest BCUT2D eigenvalue weighted by Crippen LogP contribution is 2.38. The van der Waals surface area contributed by atoms with Crippen LogP contribution in [0.4, 0.5) is 0 Å². The zero-order valence-electron chi connectivity index (χ0n) is 10.3. The number of hydrogen-bond acceptors (Lipinski definition) is 4. The monoisotopic (exact) mass is 254 g/mol. The van der Waals surface area contributed by atoms with E-state index in [0.717, 1.165) is 0 Å². The van der Waals surface area contributed by atoms with Crippen molar-refractivity contribution in [2.75, 3.05) is 13.2 Å². The lowest BCUT2D eigenvalue weighted by Gasteiger charge is -2.13. The van der Waals surface area contributed by atoms with Crippen molar-refractivity contribution in [2.45, 2.75) is 25.8 Å². The van der Waals surface area contributed by atoms with Crippen LogP contribution in [0.25, 0.3) is 0 Å². The van der Waals surface area contributed by atoms with Gasteiger partial charge in [0.25, 0.3) is 5.56 Å². The molecule has 0 bridgehead atoms. The maximum Gasteiger partial charge on any atom is 0.328 e. The van der Waals surface area contributed by atoms with Crippen molar-refractivity contribution < 1.29 is 10.2 Å². The third-order valence-corrected chi connectivity index (χ3v) is 3.82. The first-order valence-electron chi connectivity index (χ1n) is 6.10. The Morgan fingerprint density at radius 3 is 2.33 bits per heavy atom. The minimum Gasteiger partial charge on any atom is -0.396 e. The molecule has 100 valence electrons. The first-order chi connectivity index (χ1) is 8.56. The van der Waals surface area contributed by atoms with E-state index in [1.54, 1.807) is 13.1 Å². The summed E-state index contributed by atoms with van der Waals surface area (Å²) in [6.45, 7) is 1.68. The number of aliphatic hydroxyl groups excluding tert-OH is 2. The highest BCUT2D eigenvalue weighted by molar-refractivity contribution is 5.03. The van der Waals surface area contributed by atoms with Gasteiger partial charge in [-0.3, -0.25) is 14.3 Å². The third kappa shape index (κ3) is 2.26. The Balaban J connectivity index is 2.31. The Labute approximate surface area is 104 Å². The fraction of sp³-hybridized carbons (Fsp3) is 0.667. The molecule has 1 aromatic rings. The van der Waals surface area contributed by atoms with Gasteiger partial charge in [0.15, 0.2) is 0 Å². The van der Waals surface area contributed by atoms with Crippen LogP contribution in [-0.2, 0) is 0 Å². The zero-order chi connectivity index (χ0) is 13.3. The third-order valence-electron chi connectivity index (χ3n) is 3.82. The molecule has 6 nitrogen and oxygen atoms in total. The van der Waals surface area contributed by atoms with Crippen molar-refractivity contribution in [3.63, 3.8) is 0 Å². The van der Waals surface area contributed by atoms with E-state index in [-0.39, 0.29) is 36.7 Å². The first-order valence-corrected chi connectivity index (χ1v) is 6.10. The van der Waals surface area contributed by atoms with Gasteiger partial charge >= 0.3 is 5.69 Å². The molecule has 18 heavy (non-hydrogen) atoms. The van der Waals surface area contributed by atoms with Crippen LogP contribution in [0.15, 0.2) is 15.8 Å². The molecule has 0 amide bonds. The molecule has 1 aliphatic carbocycles. The fourth-order valence-corrected chi connectivity index (χ4v) is 2.71. The van der Waals surface area contributed by atoms with Crippen molar-refractivity contribution in [3.8, 4) is 0 Å². The van der Waals surface area contributed by atoms with Crippen LogP contribution in [0, 0.1) is 18.8 Å². The molecule has 2 rings (SSSR count). The van der Waals surface area contributed by atoms with Gasteiger partial charge < -0.3 is 10.2 Å². The van der Waals surface area contributed by atoms with E-state index >= 15 is 0 Å². The van der Waals surface area contributed by atoms with Gasteiger partial charge in [-0.2, -0.15) is 0 Å². The van der Waals surface area contributed by atoms with Crippen LogP contribution in [0.2, 0.25) is 0 Å². The Morgan fingerprint density at radius 1 is 1.28 bits per heavy atom. The molecule has 0 radical (unpaired) electrons. The molecule has 3 N–H and O–H groups in total. The average Bonchev–Trinajstić information content (AvgIpc) is 2.76. The summed E-state index contributed by atoms with van der Waals surface area (Å²) in [5.41, 5.74) is -0.305. The number of rotatable bonds is 3. The minimum absolute atomic E-state index is 0.0127. The summed E-state index contributed by atoms with van der Waals surface area (Å²) in [6, 6.07) is -0.0673. The molecule has 1 aliphatic rings. The van der Waals surface area contributed by atoms with Crippen molar-refractivity contribution >= 4 is 0 Å². The lowest BCUT2D eigenvalue weighted by atomic mass is 9.98. The topological polar surface area (TPSA) is 95.3 Å². The quantitative estimate of drug-likeness (QED) is 0.671. The van der Waals surface area contributed by atoms with Crippen molar-refractivity contribution in [3.05, 3.63) is 32.6 Å². The smallest absolute Gasteiger partial charge is 0.328 e. The molecule has 2 unspecified atom stereocenters. The number of H-pyrrole nitrogens is 1. The predicted molar refractivity (Wildman–Crippen MR) is 65.5 cm³/mol. The summed E-state index contributed by atoms with van der Waals surface area (Å²) in [5, 5.41) is 18.5. The largest absolute Gasteiger partial charge is 0.396 e. The van der Waals surface area contributed by atoms with E-state index in [9.17, 15) is 19.8 Å². The standard InChI is InChI=1S/C12H18N2O4/c1-7-4-14(12(18)13-11(7)17)10-2-8(5-15)9(3-10)6-16/h4,8-10,15-16H,2-3,5-6H2,1H3,(H,13,17,18). The van der Waals surface area contributed by atoms with Gasteiger partial charge in [-0.05, 0) is 31.6 Å². The van der Waals surface area contributed by atoms with E-state index in [1.807, 2.05) is 0 Å². The lowest BCUT2D eigenvalue weighted by Crippen LogP contribution is -2.32. The van der Waals surface area contributed by atoms with Gasteiger partial charge in [-0.15, -0.1) is 0 Å². The van der Waals surface area contributed by atoms with Gasteiger partial charge in [-0.25, -0.2) is 4.79 Å². The lowest BCUT2D eigenvalue weighted by molar-refractivity contribution is 0.141. The Kier molecular flexibility index (Phi) is 3.68. The fourth-order valence-electron chi connectivity index (χ4n) is 2.71. The van der Waals surface area contributed by atoms with Crippen molar-refractivity contribution in [1.29, 1.82) is 0 Å². The number of hydrogen-bond donors (Lipinski definition) is 3. The Hall–Kier alpha value is -1.40. The summed E-state index contributed by atoms with van der Waals surface area (Å²) >= 11 is 0. The van der Waals surface area contributed by atoms with E-state index < -0.39 is 5.69 Å². The van der Waals surface area contributed by atoms with Gasteiger partial charge in [0.2, 0.25) is 0 Å². The second-order valence-corrected chi connectivity index (χ2v) is 4.99. The molecule has 1 saturated carbocycles. The summed E-state index contributed by atoms with van der Waals surface area (Å²) in [5.74, 6) is 0.0262. The molecule has 0 saturated heterocycles. The zero-order valence-corrected chi connectivity index (χ0v) is 10.3. The molecule has 0 spiro atoms. The summed E-state index contributed by atoms with van der Waals surface area (Å²) in [4.78, 5) is 25.3. The molecular formula is C12H18N2O4. The molecule has 1 fully saturated rings. The molecule has 0 aromatic carbocycles. The minimum atomic E-state index is -0.425. The Bertz CT molecular complexity index is 522. The SMILES string of the molecule is Cc1cn(C2CC(CO)C(CO)C2)c(=O)[nH]c1=O. The number of nitrogens with one attached hydrogen (secondary N) is 1. The summed E-state index contributed by atoms with van der Waals surface area (Å²) < 4.78 is 1.51. The second-order valence-electron chi connectivity index (χ2n) is 4.99. The van der Waals surface area contributed by atoms with Gasteiger partial charge in [0, 0.05) is 31.0 Å². The van der Waals surface area contributed by atoms with Crippen molar-refractivity contribution in [2.24, 2.45) is 11.8 Å². The normalized spacial score (nSPS) is 27.6. The van der Waals surface area contributed by atoms with Crippen molar-refractivity contribution in [1.82, 2.24) is 9.55 Å². The molecule has 6 heteroatoms. The summed E-state index contributed by atoms with van der Waals surface area (Å²) in [6.07, 6.45) is 2.85. The molecule has 2 atom stereocenters. The van der Waals surface area contributed by atoms with Gasteiger partial charge in [0.1, 0.15) is 0 Å². The summed E-state index contributed by atoms with van der Waals surface area (Å²) in [7, 11) is 0. The van der Waals surface area contributed by atoms with Crippen LogP contribution in [0.1, 0.15) is 24.4 Å². The predicted octanol–water partition coefficient (Wildman–Crippen LogP) is -0.603. The highest BCUT2D eigenvalue weighted by Gasteiger charge is 2.34. The highest BCUT2D eigenvalue weighted by atomic mass is 16.3. The maximum absolute atomic E-state index is 11.8. The van der Waals surface area contributed by atoms with Crippen LogP contribution in [0.3, 0.4) is 0 Å². The second kappa shape index (κ2) is 5.07.